The highest BCUT2D eigenvalue weighted by Gasteiger charge is 2.61. The lowest BCUT2D eigenvalue weighted by molar-refractivity contribution is -0.266. The second kappa shape index (κ2) is 10.8. The summed E-state index contributed by atoms with van der Waals surface area (Å²) in [7, 11) is 1.14. The number of ether oxygens (including phenoxy) is 2. The predicted molar refractivity (Wildman–Crippen MR) is 118 cm³/mol. The van der Waals surface area contributed by atoms with E-state index in [0.717, 1.165) is 35.7 Å². The molecule has 3 heterocycles. The molecule has 2 aromatic heterocycles. The molecular weight excluding hydrogens is 513 g/mol. The molecule has 0 aliphatic carbocycles. The van der Waals surface area contributed by atoms with Crippen LogP contribution in [0, 0.1) is 17.6 Å². The lowest BCUT2D eigenvalue weighted by Crippen LogP contribution is -2.46. The minimum atomic E-state index is -4.55. The summed E-state index contributed by atoms with van der Waals surface area (Å²) in [4.78, 5) is 11.0. The van der Waals surface area contributed by atoms with Crippen molar-refractivity contribution in [2.75, 3.05) is 13.7 Å². The number of pyridine rings is 1. The van der Waals surface area contributed by atoms with Crippen molar-refractivity contribution in [1.82, 2.24) is 15.0 Å². The summed E-state index contributed by atoms with van der Waals surface area (Å²) in [6.07, 6.45) is -1.17. The van der Waals surface area contributed by atoms with E-state index in [4.69, 9.17) is 9.47 Å². The molecule has 2 unspecified atom stereocenters. The number of rotatable bonds is 2. The van der Waals surface area contributed by atoms with Gasteiger partial charge in [0.25, 0.3) is 0 Å². The van der Waals surface area contributed by atoms with Gasteiger partial charge in [0, 0.05) is 23.6 Å². The number of methoxy groups -OCH3 is 1. The standard InChI is InChI=1S/C14H15F5O2.C6H4BrN3.C2H6/c1-7-9(6-21-13(7,2)14(17,18)19)8-4-5-10(15)11(16)12(8)20-3;7-6-5-4(1-2-8-6)9-3-10-5;1-2/h4-5,7,9H,6H2,1-3H3;1-3H,(H,9,10);1-2H3/t7?,9?,13-;;/m1../s1. The number of aromatic nitrogens is 3. The highest BCUT2D eigenvalue weighted by molar-refractivity contribution is 9.10. The fourth-order valence-corrected chi connectivity index (χ4v) is 3.94. The van der Waals surface area contributed by atoms with Crippen LogP contribution in [-0.2, 0) is 4.74 Å². The first-order valence-electron chi connectivity index (χ1n) is 10.2. The Morgan fingerprint density at radius 1 is 1.18 bits per heavy atom. The number of aromatic amines is 1. The van der Waals surface area contributed by atoms with E-state index in [1.165, 1.54) is 13.0 Å². The number of nitrogens with one attached hydrogen (secondary N) is 1. The average Bonchev–Trinajstić information content (AvgIpc) is 3.38. The summed E-state index contributed by atoms with van der Waals surface area (Å²) >= 11 is 3.28. The Balaban J connectivity index is 0.000000266. The summed E-state index contributed by atoms with van der Waals surface area (Å²) in [5, 5.41) is 0. The van der Waals surface area contributed by atoms with E-state index in [9.17, 15) is 22.0 Å². The first-order chi connectivity index (χ1) is 15.5. The van der Waals surface area contributed by atoms with Gasteiger partial charge < -0.3 is 14.5 Å². The Kier molecular flexibility index (Phi) is 8.81. The van der Waals surface area contributed by atoms with Gasteiger partial charge in [0.1, 0.15) is 10.1 Å². The fraction of sp³-hybridized carbons (Fsp3) is 0.455. The zero-order valence-corrected chi connectivity index (χ0v) is 20.3. The summed E-state index contributed by atoms with van der Waals surface area (Å²) < 4.78 is 76.8. The van der Waals surface area contributed by atoms with Crippen LogP contribution in [0.3, 0.4) is 0 Å². The van der Waals surface area contributed by atoms with Crippen LogP contribution in [0.5, 0.6) is 5.75 Å². The molecule has 5 nitrogen and oxygen atoms in total. The van der Waals surface area contributed by atoms with E-state index in [1.807, 2.05) is 19.9 Å². The van der Waals surface area contributed by atoms with Gasteiger partial charge in [-0.25, -0.2) is 14.4 Å². The highest BCUT2D eigenvalue weighted by Crippen LogP contribution is 2.51. The minimum absolute atomic E-state index is 0.178. The molecule has 0 radical (unpaired) electrons. The molecule has 0 bridgehead atoms. The third-order valence-electron chi connectivity index (χ3n) is 5.58. The summed E-state index contributed by atoms with van der Waals surface area (Å²) in [5.74, 6) is -4.39. The third kappa shape index (κ3) is 5.29. The lowest BCUT2D eigenvalue weighted by atomic mass is 9.79. The minimum Gasteiger partial charge on any atom is -0.493 e. The fourth-order valence-electron chi connectivity index (χ4n) is 3.50. The number of imidazole rings is 1. The van der Waals surface area contributed by atoms with Crippen LogP contribution in [0.2, 0.25) is 0 Å². The van der Waals surface area contributed by atoms with Crippen LogP contribution in [0.25, 0.3) is 11.0 Å². The molecule has 1 aromatic carbocycles. The Morgan fingerprint density at radius 2 is 1.85 bits per heavy atom. The van der Waals surface area contributed by atoms with E-state index in [-0.39, 0.29) is 17.9 Å². The first kappa shape index (κ1) is 27.0. The summed E-state index contributed by atoms with van der Waals surface area (Å²) in [5.41, 5.74) is -0.269. The molecule has 11 heteroatoms. The lowest BCUT2D eigenvalue weighted by Gasteiger charge is -2.32. The van der Waals surface area contributed by atoms with Crippen LogP contribution in [0.15, 0.2) is 35.3 Å². The monoisotopic (exact) mass is 537 g/mol. The van der Waals surface area contributed by atoms with E-state index < -0.39 is 35.2 Å². The molecule has 1 saturated heterocycles. The van der Waals surface area contributed by atoms with Gasteiger partial charge in [-0.05, 0) is 35.0 Å². The SMILES string of the molecule is Brc1nccc2[nH]cnc12.CC.COc1c(C2CO[C@@](C)(C(F)(F)F)C2C)ccc(F)c1F. The van der Waals surface area contributed by atoms with Gasteiger partial charge in [-0.2, -0.15) is 17.6 Å². The van der Waals surface area contributed by atoms with Gasteiger partial charge in [-0.15, -0.1) is 0 Å². The van der Waals surface area contributed by atoms with Crippen LogP contribution < -0.4 is 4.74 Å². The molecule has 0 amide bonds. The molecule has 1 aliphatic rings. The second-order valence-corrected chi connectivity index (χ2v) is 7.95. The number of nitrogens with zero attached hydrogens (tertiary/aromatic N) is 2. The Morgan fingerprint density at radius 3 is 2.39 bits per heavy atom. The highest BCUT2D eigenvalue weighted by atomic mass is 79.9. The van der Waals surface area contributed by atoms with Crippen LogP contribution in [0.1, 0.15) is 39.2 Å². The quantitative estimate of drug-likeness (QED) is 0.288. The van der Waals surface area contributed by atoms with Gasteiger partial charge in [0.15, 0.2) is 17.2 Å². The number of H-pyrrole nitrogens is 1. The van der Waals surface area contributed by atoms with Gasteiger partial charge in [0.2, 0.25) is 5.82 Å². The Labute approximate surface area is 196 Å². The van der Waals surface area contributed by atoms with Crippen molar-refractivity contribution in [3.63, 3.8) is 0 Å². The van der Waals surface area contributed by atoms with Crippen molar-refractivity contribution in [3.8, 4) is 5.75 Å². The molecule has 3 aromatic rings. The molecular formula is C22H25BrF5N3O2. The van der Waals surface area contributed by atoms with Gasteiger partial charge in [0.05, 0.1) is 25.6 Å². The molecule has 1 fully saturated rings. The topological polar surface area (TPSA) is 60.0 Å². The van der Waals surface area contributed by atoms with Crippen LogP contribution in [0.4, 0.5) is 22.0 Å². The molecule has 182 valence electrons. The average molecular weight is 538 g/mol. The second-order valence-electron chi connectivity index (χ2n) is 7.20. The molecule has 3 atom stereocenters. The van der Waals surface area contributed by atoms with Crippen molar-refractivity contribution in [1.29, 1.82) is 0 Å². The number of alkyl halides is 3. The van der Waals surface area contributed by atoms with E-state index in [0.29, 0.717) is 0 Å². The number of hydrogen-bond acceptors (Lipinski definition) is 4. The molecule has 33 heavy (non-hydrogen) atoms. The number of fused-ring (bicyclic) bond motifs is 1. The molecule has 0 saturated carbocycles. The van der Waals surface area contributed by atoms with E-state index in [1.54, 1.807) is 12.5 Å². The van der Waals surface area contributed by atoms with Crippen molar-refractivity contribution >= 4 is 27.0 Å². The van der Waals surface area contributed by atoms with Gasteiger partial charge >= 0.3 is 6.18 Å². The van der Waals surface area contributed by atoms with Crippen LogP contribution in [-0.4, -0.2) is 40.4 Å². The van der Waals surface area contributed by atoms with Gasteiger partial charge in [-0.1, -0.05) is 26.8 Å². The molecule has 4 rings (SSSR count). The maximum atomic E-state index is 13.7. The first-order valence-corrected chi connectivity index (χ1v) is 11.0. The number of benzene rings is 1. The smallest absolute Gasteiger partial charge is 0.417 e. The third-order valence-corrected chi connectivity index (χ3v) is 6.16. The van der Waals surface area contributed by atoms with Crippen molar-refractivity contribution in [2.24, 2.45) is 5.92 Å². The maximum Gasteiger partial charge on any atom is 0.417 e. The molecule has 0 spiro atoms. The summed E-state index contributed by atoms with van der Waals surface area (Å²) in [6.45, 7) is 6.11. The maximum absolute atomic E-state index is 13.7. The zero-order valence-electron chi connectivity index (χ0n) is 18.7. The largest absolute Gasteiger partial charge is 0.493 e. The molecule has 1 aliphatic heterocycles. The van der Waals surface area contributed by atoms with Crippen molar-refractivity contribution in [3.05, 3.63) is 52.5 Å². The van der Waals surface area contributed by atoms with Crippen LogP contribution >= 0.6 is 15.9 Å². The van der Waals surface area contributed by atoms with Crippen molar-refractivity contribution in [2.45, 2.75) is 45.4 Å². The zero-order chi connectivity index (χ0) is 25.0. The molecule has 1 N–H and O–H groups in total. The van der Waals surface area contributed by atoms with E-state index in [2.05, 4.69) is 30.9 Å². The summed E-state index contributed by atoms with van der Waals surface area (Å²) in [6, 6.07) is 4.00. The Bertz CT molecular complexity index is 1080. The number of hydrogen-bond donors (Lipinski definition) is 1. The predicted octanol–water partition coefficient (Wildman–Crippen LogP) is 6.79. The van der Waals surface area contributed by atoms with Crippen molar-refractivity contribution < 1.29 is 31.4 Å². The number of halogens is 6. The normalized spacial score (nSPS) is 22.3. The van der Waals surface area contributed by atoms with E-state index >= 15 is 0 Å². The Hall–Kier alpha value is -2.27. The van der Waals surface area contributed by atoms with Gasteiger partial charge in [-0.3, -0.25) is 0 Å².